The molecule has 0 bridgehead atoms. The lowest BCUT2D eigenvalue weighted by atomic mass is 10.1. The zero-order valence-electron chi connectivity index (χ0n) is 9.62. The van der Waals surface area contributed by atoms with Crippen molar-refractivity contribution in [3.63, 3.8) is 0 Å². The second-order valence-electron chi connectivity index (χ2n) is 4.25. The van der Waals surface area contributed by atoms with Crippen LogP contribution in [0.1, 0.15) is 31.7 Å². The molecule has 1 atom stereocenters. The second-order valence-corrected chi connectivity index (χ2v) is 4.66. The predicted octanol–water partition coefficient (Wildman–Crippen LogP) is 2.57. The average Bonchev–Trinajstić information content (AvgIpc) is 2.76. The molecule has 0 amide bonds. The highest BCUT2D eigenvalue weighted by atomic mass is 35.5. The number of rotatable bonds is 3. The zero-order chi connectivity index (χ0) is 11.5. The lowest BCUT2D eigenvalue weighted by molar-refractivity contribution is 0.640. The normalized spacial score (nSPS) is 20.4. The van der Waals surface area contributed by atoms with Gasteiger partial charge in [0.25, 0.3) is 0 Å². The van der Waals surface area contributed by atoms with Gasteiger partial charge in [-0.15, -0.1) is 0 Å². The molecule has 1 aliphatic rings. The van der Waals surface area contributed by atoms with Gasteiger partial charge in [0.05, 0.1) is 5.02 Å². The Kier molecular flexibility index (Phi) is 3.66. The number of hydrogen-bond acceptors (Lipinski definition) is 3. The highest BCUT2D eigenvalue weighted by molar-refractivity contribution is 6.33. The van der Waals surface area contributed by atoms with Gasteiger partial charge in [-0.3, -0.25) is 0 Å². The Hall–Kier alpha value is -0.800. The first-order chi connectivity index (χ1) is 7.76. The van der Waals surface area contributed by atoms with Crippen molar-refractivity contribution in [2.75, 3.05) is 11.4 Å². The average molecular weight is 240 g/mol. The van der Waals surface area contributed by atoms with Crippen LogP contribution in [-0.2, 0) is 6.54 Å². The van der Waals surface area contributed by atoms with Crippen molar-refractivity contribution in [3.05, 3.63) is 22.8 Å². The van der Waals surface area contributed by atoms with Crippen LogP contribution in [0.2, 0.25) is 5.02 Å². The van der Waals surface area contributed by atoms with Crippen LogP contribution >= 0.6 is 11.6 Å². The van der Waals surface area contributed by atoms with Crippen LogP contribution in [0.3, 0.4) is 0 Å². The molecule has 1 aromatic rings. The van der Waals surface area contributed by atoms with Gasteiger partial charge in [0.2, 0.25) is 0 Å². The molecule has 2 heterocycles. The van der Waals surface area contributed by atoms with Crippen molar-refractivity contribution < 1.29 is 0 Å². The van der Waals surface area contributed by atoms with Crippen LogP contribution in [0.5, 0.6) is 0 Å². The first kappa shape index (κ1) is 11.7. The van der Waals surface area contributed by atoms with Crippen molar-refractivity contribution in [1.29, 1.82) is 0 Å². The van der Waals surface area contributed by atoms with E-state index < -0.39 is 0 Å². The van der Waals surface area contributed by atoms with Crippen molar-refractivity contribution >= 4 is 17.4 Å². The van der Waals surface area contributed by atoms with E-state index in [1.165, 1.54) is 12.8 Å². The van der Waals surface area contributed by atoms with Gasteiger partial charge in [0, 0.05) is 25.3 Å². The van der Waals surface area contributed by atoms with Crippen LogP contribution in [0.25, 0.3) is 0 Å². The molecule has 0 saturated carbocycles. The summed E-state index contributed by atoms with van der Waals surface area (Å²) in [6, 6.07) is 2.52. The molecule has 1 aliphatic heterocycles. The van der Waals surface area contributed by atoms with E-state index in [-0.39, 0.29) is 0 Å². The van der Waals surface area contributed by atoms with Crippen molar-refractivity contribution in [1.82, 2.24) is 4.98 Å². The lowest BCUT2D eigenvalue weighted by Gasteiger charge is -2.25. The summed E-state index contributed by atoms with van der Waals surface area (Å²) in [6.07, 6.45) is 5.45. The van der Waals surface area contributed by atoms with Crippen LogP contribution < -0.4 is 10.6 Å². The van der Waals surface area contributed by atoms with E-state index in [1.54, 1.807) is 0 Å². The third-order valence-electron chi connectivity index (χ3n) is 3.23. The highest BCUT2D eigenvalue weighted by Crippen LogP contribution is 2.31. The molecular formula is C12H18ClN3. The third kappa shape index (κ3) is 2.15. The number of halogens is 1. The van der Waals surface area contributed by atoms with E-state index in [0.717, 1.165) is 29.4 Å². The van der Waals surface area contributed by atoms with Gasteiger partial charge in [0.15, 0.2) is 0 Å². The number of aromatic nitrogens is 1. The van der Waals surface area contributed by atoms with Gasteiger partial charge in [-0.2, -0.15) is 0 Å². The van der Waals surface area contributed by atoms with E-state index in [0.29, 0.717) is 12.6 Å². The minimum atomic E-state index is 0.490. The molecule has 0 spiro atoms. The number of hydrogen-bond donors (Lipinski definition) is 1. The maximum Gasteiger partial charge on any atom is 0.147 e. The Morgan fingerprint density at radius 1 is 1.62 bits per heavy atom. The Balaban J connectivity index is 2.26. The van der Waals surface area contributed by atoms with Gasteiger partial charge >= 0.3 is 0 Å². The van der Waals surface area contributed by atoms with E-state index in [4.69, 9.17) is 17.3 Å². The number of pyridine rings is 1. The largest absolute Gasteiger partial charge is 0.352 e. The Bertz CT molecular complexity index is 367. The Labute approximate surface area is 102 Å². The van der Waals surface area contributed by atoms with E-state index in [1.807, 2.05) is 12.3 Å². The van der Waals surface area contributed by atoms with Gasteiger partial charge in [0.1, 0.15) is 5.82 Å². The number of nitrogens with zero attached hydrogens (tertiary/aromatic N) is 2. The van der Waals surface area contributed by atoms with Gasteiger partial charge in [-0.05, 0) is 30.9 Å². The molecule has 1 aromatic heterocycles. The SMILES string of the molecule is CCC1CCCN1c1ncc(CN)cc1Cl. The monoisotopic (exact) mass is 239 g/mol. The summed E-state index contributed by atoms with van der Waals surface area (Å²) in [4.78, 5) is 6.77. The molecule has 4 heteroatoms. The van der Waals surface area contributed by atoms with E-state index >= 15 is 0 Å². The Morgan fingerprint density at radius 3 is 3.06 bits per heavy atom. The summed E-state index contributed by atoms with van der Waals surface area (Å²) in [5.74, 6) is 0.920. The first-order valence-electron chi connectivity index (χ1n) is 5.87. The highest BCUT2D eigenvalue weighted by Gasteiger charge is 2.25. The molecule has 1 saturated heterocycles. The molecule has 2 N–H and O–H groups in total. The second kappa shape index (κ2) is 5.02. The summed E-state index contributed by atoms with van der Waals surface area (Å²) in [6.45, 7) is 3.77. The predicted molar refractivity (Wildman–Crippen MR) is 67.8 cm³/mol. The lowest BCUT2D eigenvalue weighted by Crippen LogP contribution is -2.29. The van der Waals surface area contributed by atoms with Gasteiger partial charge < -0.3 is 10.6 Å². The maximum absolute atomic E-state index is 6.25. The van der Waals surface area contributed by atoms with Crippen molar-refractivity contribution in [2.45, 2.75) is 38.8 Å². The topological polar surface area (TPSA) is 42.2 Å². The molecule has 88 valence electrons. The Morgan fingerprint density at radius 2 is 2.44 bits per heavy atom. The molecule has 0 aromatic carbocycles. The van der Waals surface area contributed by atoms with Crippen LogP contribution in [0.15, 0.2) is 12.3 Å². The fourth-order valence-electron chi connectivity index (χ4n) is 2.33. The summed E-state index contributed by atoms with van der Waals surface area (Å²) >= 11 is 6.25. The minimum absolute atomic E-state index is 0.490. The molecule has 1 unspecified atom stereocenters. The minimum Gasteiger partial charge on any atom is -0.352 e. The molecule has 2 rings (SSSR count). The quantitative estimate of drug-likeness (QED) is 0.882. The van der Waals surface area contributed by atoms with Crippen LogP contribution in [0, 0.1) is 0 Å². The fourth-order valence-corrected chi connectivity index (χ4v) is 2.63. The van der Waals surface area contributed by atoms with E-state index in [9.17, 15) is 0 Å². The molecule has 3 nitrogen and oxygen atoms in total. The maximum atomic E-state index is 6.25. The number of nitrogens with two attached hydrogens (primary N) is 1. The van der Waals surface area contributed by atoms with E-state index in [2.05, 4.69) is 16.8 Å². The zero-order valence-corrected chi connectivity index (χ0v) is 10.4. The standard InChI is InChI=1S/C12H18ClN3/c1-2-10-4-3-5-16(10)12-11(13)6-9(7-14)8-15-12/h6,8,10H,2-5,7,14H2,1H3. The smallest absolute Gasteiger partial charge is 0.147 e. The number of anilines is 1. The van der Waals surface area contributed by atoms with Gasteiger partial charge in [-0.25, -0.2) is 4.98 Å². The third-order valence-corrected chi connectivity index (χ3v) is 3.51. The summed E-state index contributed by atoms with van der Waals surface area (Å²) < 4.78 is 0. The molecule has 1 fully saturated rings. The molecular weight excluding hydrogens is 222 g/mol. The first-order valence-corrected chi connectivity index (χ1v) is 6.25. The molecule has 0 aliphatic carbocycles. The van der Waals surface area contributed by atoms with Gasteiger partial charge in [-0.1, -0.05) is 18.5 Å². The molecule has 0 radical (unpaired) electrons. The van der Waals surface area contributed by atoms with Crippen molar-refractivity contribution in [2.24, 2.45) is 5.73 Å². The summed E-state index contributed by atoms with van der Waals surface area (Å²) in [5.41, 5.74) is 6.55. The summed E-state index contributed by atoms with van der Waals surface area (Å²) in [5, 5.41) is 0.725. The van der Waals surface area contributed by atoms with Crippen molar-refractivity contribution in [3.8, 4) is 0 Å². The van der Waals surface area contributed by atoms with Crippen LogP contribution in [-0.4, -0.2) is 17.6 Å². The molecule has 16 heavy (non-hydrogen) atoms. The van der Waals surface area contributed by atoms with Crippen LogP contribution in [0.4, 0.5) is 5.82 Å². The fraction of sp³-hybridized carbons (Fsp3) is 0.583. The summed E-state index contributed by atoms with van der Waals surface area (Å²) in [7, 11) is 0.